The van der Waals surface area contributed by atoms with E-state index in [2.05, 4.69) is 29.3 Å². The van der Waals surface area contributed by atoms with Crippen LogP contribution in [0.25, 0.3) is 22.6 Å². The van der Waals surface area contributed by atoms with E-state index in [0.717, 1.165) is 17.2 Å². The summed E-state index contributed by atoms with van der Waals surface area (Å²) < 4.78 is 8.08. The Morgan fingerprint density at radius 2 is 2.27 bits per heavy atom. The number of hydrogen-bond donors (Lipinski definition) is 3. The summed E-state index contributed by atoms with van der Waals surface area (Å²) in [5.41, 5.74) is 3.35. The lowest BCUT2D eigenvalue weighted by molar-refractivity contribution is -0.128. The van der Waals surface area contributed by atoms with Gasteiger partial charge in [0, 0.05) is 12.7 Å². The van der Waals surface area contributed by atoms with Crippen LogP contribution in [0.5, 0.6) is 0 Å². The van der Waals surface area contributed by atoms with Gasteiger partial charge >= 0.3 is 0 Å². The maximum Gasteiger partial charge on any atom is 0.241 e. The predicted molar refractivity (Wildman–Crippen MR) is 80.4 cm³/mol. The molecule has 8 nitrogen and oxygen atoms in total. The number of likely N-dealkylation sites (N-methyl/N-ethyl adjacent to an activating group) is 1. The Hall–Kier alpha value is -2.81. The summed E-state index contributed by atoms with van der Waals surface area (Å²) in [4.78, 5) is 31.5. The summed E-state index contributed by atoms with van der Waals surface area (Å²) in [5.74, 6) is -0.901. The molecule has 2 amide bonds. The number of nitrogens with one attached hydrogen (secondary N) is 3. The standard InChI is InChI=1S/C13H10N6O2S/c1-14-12(20)10-5-2-7-8(3-6(5)18-13(10)21)17-11(16-7)9-4-15-22-19-9/h2-4,10H,1H3,(H,14,20)(H,16,17)(H,18,21). The number of H-pyrrole nitrogens is 1. The van der Waals surface area contributed by atoms with Crippen molar-refractivity contribution in [2.24, 2.45) is 0 Å². The second-order valence-corrected chi connectivity index (χ2v) is 5.43. The lowest BCUT2D eigenvalue weighted by Crippen LogP contribution is -2.30. The van der Waals surface area contributed by atoms with Gasteiger partial charge in [-0.2, -0.15) is 8.75 Å². The van der Waals surface area contributed by atoms with Crippen LogP contribution in [-0.2, 0) is 9.59 Å². The lowest BCUT2D eigenvalue weighted by Gasteiger charge is -2.06. The van der Waals surface area contributed by atoms with Crippen LogP contribution in [0.4, 0.5) is 5.69 Å². The molecule has 0 radical (unpaired) electrons. The first-order valence-corrected chi connectivity index (χ1v) is 7.24. The highest BCUT2D eigenvalue weighted by Gasteiger charge is 2.36. The molecular weight excluding hydrogens is 304 g/mol. The predicted octanol–water partition coefficient (Wildman–Crippen LogP) is 0.863. The fraction of sp³-hybridized carbons (Fsp3) is 0.154. The number of nitrogens with zero attached hydrogens (tertiary/aromatic N) is 3. The van der Waals surface area contributed by atoms with Crippen LogP contribution in [0.3, 0.4) is 0 Å². The van der Waals surface area contributed by atoms with E-state index in [9.17, 15) is 9.59 Å². The van der Waals surface area contributed by atoms with Crippen LogP contribution < -0.4 is 10.6 Å². The van der Waals surface area contributed by atoms with Crippen molar-refractivity contribution in [3.8, 4) is 11.5 Å². The van der Waals surface area contributed by atoms with E-state index in [1.165, 1.54) is 7.05 Å². The molecule has 0 saturated heterocycles. The smallest absolute Gasteiger partial charge is 0.241 e. The van der Waals surface area contributed by atoms with Crippen LogP contribution in [-0.4, -0.2) is 37.6 Å². The number of aromatic nitrogens is 4. The van der Waals surface area contributed by atoms with Crippen molar-refractivity contribution in [3.05, 3.63) is 23.9 Å². The van der Waals surface area contributed by atoms with Crippen molar-refractivity contribution in [2.45, 2.75) is 5.92 Å². The second kappa shape index (κ2) is 4.60. The third-order valence-electron chi connectivity index (χ3n) is 3.60. The Kier molecular flexibility index (Phi) is 2.70. The zero-order valence-corrected chi connectivity index (χ0v) is 12.2. The minimum Gasteiger partial charge on any atom is -0.358 e. The number of amides is 2. The van der Waals surface area contributed by atoms with E-state index in [1.54, 1.807) is 18.3 Å². The first kappa shape index (κ1) is 12.9. The van der Waals surface area contributed by atoms with Gasteiger partial charge in [-0.1, -0.05) is 0 Å². The minimum absolute atomic E-state index is 0.328. The quantitative estimate of drug-likeness (QED) is 0.607. The molecule has 0 spiro atoms. The molecule has 3 heterocycles. The third kappa shape index (κ3) is 1.79. The van der Waals surface area contributed by atoms with Crippen LogP contribution in [0, 0.1) is 0 Å². The van der Waals surface area contributed by atoms with Gasteiger partial charge in [0.25, 0.3) is 0 Å². The summed E-state index contributed by atoms with van der Waals surface area (Å²) in [6.45, 7) is 0. The normalized spacial score (nSPS) is 16.6. The van der Waals surface area contributed by atoms with Crippen molar-refractivity contribution in [1.29, 1.82) is 0 Å². The highest BCUT2D eigenvalue weighted by molar-refractivity contribution is 6.99. The van der Waals surface area contributed by atoms with Crippen LogP contribution in [0.2, 0.25) is 0 Å². The SMILES string of the molecule is CNC(=O)C1C(=O)Nc2cc3[nH]c(-c4cnsn4)nc3cc21. The maximum absolute atomic E-state index is 12.0. The molecule has 22 heavy (non-hydrogen) atoms. The molecule has 0 saturated carbocycles. The van der Waals surface area contributed by atoms with Gasteiger partial charge in [0.1, 0.15) is 11.6 Å². The summed E-state index contributed by atoms with van der Waals surface area (Å²) in [7, 11) is 1.51. The fourth-order valence-electron chi connectivity index (χ4n) is 2.56. The molecule has 3 aromatic rings. The number of carbonyl (C=O) groups is 2. The molecule has 1 unspecified atom stereocenters. The number of benzene rings is 1. The van der Waals surface area contributed by atoms with Gasteiger partial charge in [-0.05, 0) is 17.7 Å². The van der Waals surface area contributed by atoms with Gasteiger partial charge in [0.2, 0.25) is 11.8 Å². The Morgan fingerprint density at radius 3 is 3.00 bits per heavy atom. The van der Waals surface area contributed by atoms with Gasteiger partial charge in [-0.15, -0.1) is 0 Å². The minimum atomic E-state index is -0.842. The van der Waals surface area contributed by atoms with E-state index in [-0.39, 0.29) is 11.8 Å². The molecule has 1 atom stereocenters. The number of hydrogen-bond acceptors (Lipinski definition) is 6. The van der Waals surface area contributed by atoms with Crippen molar-refractivity contribution >= 4 is 40.3 Å². The van der Waals surface area contributed by atoms with Crippen molar-refractivity contribution < 1.29 is 9.59 Å². The lowest BCUT2D eigenvalue weighted by atomic mass is 9.99. The summed E-state index contributed by atoms with van der Waals surface area (Å²) >= 11 is 1.10. The molecule has 3 N–H and O–H groups in total. The van der Waals surface area contributed by atoms with Gasteiger partial charge in [0.05, 0.1) is 29.0 Å². The average Bonchev–Trinajstić information content (AvgIpc) is 3.20. The molecular formula is C13H10N6O2S. The molecule has 0 fully saturated rings. The Morgan fingerprint density at radius 1 is 1.41 bits per heavy atom. The number of fused-ring (bicyclic) bond motifs is 2. The third-order valence-corrected chi connectivity index (χ3v) is 4.07. The van der Waals surface area contributed by atoms with Crippen molar-refractivity contribution in [2.75, 3.05) is 12.4 Å². The Bertz CT molecular complexity index is 901. The van der Waals surface area contributed by atoms with Crippen molar-refractivity contribution in [1.82, 2.24) is 24.0 Å². The zero-order valence-electron chi connectivity index (χ0n) is 11.4. The zero-order chi connectivity index (χ0) is 15.3. The monoisotopic (exact) mass is 314 g/mol. The van der Waals surface area contributed by atoms with E-state index < -0.39 is 5.92 Å². The number of anilines is 1. The second-order valence-electron chi connectivity index (χ2n) is 4.87. The molecule has 1 aliphatic heterocycles. The highest BCUT2D eigenvalue weighted by atomic mass is 32.1. The van der Waals surface area contributed by atoms with E-state index in [1.807, 2.05) is 0 Å². The first-order valence-electron chi connectivity index (χ1n) is 6.51. The molecule has 9 heteroatoms. The molecule has 0 aliphatic carbocycles. The first-order chi connectivity index (χ1) is 10.7. The summed E-state index contributed by atoms with van der Waals surface area (Å²) in [5, 5.41) is 5.23. The van der Waals surface area contributed by atoms with Gasteiger partial charge in [-0.25, -0.2) is 4.98 Å². The van der Waals surface area contributed by atoms with Gasteiger partial charge in [0.15, 0.2) is 5.82 Å². The molecule has 4 rings (SSSR count). The summed E-state index contributed by atoms with van der Waals surface area (Å²) in [6.07, 6.45) is 1.63. The van der Waals surface area contributed by atoms with Gasteiger partial charge < -0.3 is 15.6 Å². The summed E-state index contributed by atoms with van der Waals surface area (Å²) in [6, 6.07) is 3.53. The molecule has 0 bridgehead atoms. The van der Waals surface area contributed by atoms with Crippen molar-refractivity contribution in [3.63, 3.8) is 0 Å². The van der Waals surface area contributed by atoms with E-state index in [0.29, 0.717) is 28.3 Å². The largest absolute Gasteiger partial charge is 0.358 e. The number of carbonyl (C=O) groups excluding carboxylic acids is 2. The van der Waals surface area contributed by atoms with Crippen LogP contribution in [0.15, 0.2) is 18.3 Å². The van der Waals surface area contributed by atoms with Crippen LogP contribution >= 0.6 is 11.7 Å². The molecule has 110 valence electrons. The van der Waals surface area contributed by atoms with Gasteiger partial charge in [-0.3, -0.25) is 9.59 Å². The number of rotatable bonds is 2. The number of aromatic amines is 1. The molecule has 2 aromatic heterocycles. The molecule has 1 aromatic carbocycles. The fourth-order valence-corrected chi connectivity index (χ4v) is 2.98. The topological polar surface area (TPSA) is 113 Å². The average molecular weight is 314 g/mol. The Balaban J connectivity index is 1.85. The number of imidazole rings is 1. The highest BCUT2D eigenvalue weighted by Crippen LogP contribution is 2.36. The molecule has 1 aliphatic rings. The maximum atomic E-state index is 12.0. The Labute approximate surface area is 128 Å². The van der Waals surface area contributed by atoms with E-state index in [4.69, 9.17) is 0 Å². The van der Waals surface area contributed by atoms with Crippen LogP contribution in [0.1, 0.15) is 11.5 Å². The van der Waals surface area contributed by atoms with E-state index >= 15 is 0 Å².